The molecule has 0 spiro atoms. The molecule has 2 aliphatic heterocycles. The minimum Gasteiger partial charge on any atom is -0.342 e. The van der Waals surface area contributed by atoms with E-state index >= 15 is 0 Å². The fourth-order valence-electron chi connectivity index (χ4n) is 4.59. The summed E-state index contributed by atoms with van der Waals surface area (Å²) in [5.41, 5.74) is 3.87. The van der Waals surface area contributed by atoms with E-state index in [1.54, 1.807) is 4.90 Å². The summed E-state index contributed by atoms with van der Waals surface area (Å²) >= 11 is 0. The third kappa shape index (κ3) is 3.89. The Morgan fingerprint density at radius 3 is 2.30 bits per heavy atom. The van der Waals surface area contributed by atoms with E-state index in [-0.39, 0.29) is 35.9 Å². The molecule has 2 amide bonds. The first-order valence-electron chi connectivity index (χ1n) is 10.7. The van der Waals surface area contributed by atoms with Gasteiger partial charge in [0.25, 0.3) is 0 Å². The largest absolute Gasteiger partial charge is 0.342 e. The maximum atomic E-state index is 13.1. The van der Waals surface area contributed by atoms with Crippen LogP contribution in [0.2, 0.25) is 0 Å². The van der Waals surface area contributed by atoms with Crippen molar-refractivity contribution in [2.24, 2.45) is 11.8 Å². The highest BCUT2D eigenvalue weighted by Gasteiger charge is 2.39. The van der Waals surface area contributed by atoms with Crippen molar-refractivity contribution in [1.82, 2.24) is 4.90 Å². The van der Waals surface area contributed by atoms with E-state index in [0.717, 1.165) is 22.4 Å². The molecular formula is C25H28N2O3. The Morgan fingerprint density at radius 2 is 1.60 bits per heavy atom. The molecule has 1 atom stereocenters. The molecule has 2 aliphatic rings. The predicted octanol–water partition coefficient (Wildman–Crippen LogP) is 3.78. The van der Waals surface area contributed by atoms with Crippen molar-refractivity contribution in [3.63, 3.8) is 0 Å². The first-order valence-corrected chi connectivity index (χ1v) is 10.7. The van der Waals surface area contributed by atoms with Crippen molar-refractivity contribution < 1.29 is 14.4 Å². The molecule has 5 heteroatoms. The van der Waals surface area contributed by atoms with Gasteiger partial charge < -0.3 is 9.80 Å². The van der Waals surface area contributed by atoms with Crippen molar-refractivity contribution in [2.45, 2.75) is 33.1 Å². The number of hydrogen-bond donors (Lipinski definition) is 0. The molecule has 0 N–H and O–H groups in total. The second-order valence-electron chi connectivity index (χ2n) is 8.45. The fraction of sp³-hybridized carbons (Fsp3) is 0.400. The minimum absolute atomic E-state index is 0.0104. The Balaban J connectivity index is 1.37. The van der Waals surface area contributed by atoms with Gasteiger partial charge in [-0.05, 0) is 43.9 Å². The maximum Gasteiger partial charge on any atom is 0.228 e. The van der Waals surface area contributed by atoms with Crippen LogP contribution in [-0.2, 0) is 9.59 Å². The number of carbonyl (C=O) groups is 3. The van der Waals surface area contributed by atoms with E-state index in [9.17, 15) is 14.4 Å². The van der Waals surface area contributed by atoms with Crippen LogP contribution in [0.15, 0.2) is 48.5 Å². The maximum absolute atomic E-state index is 13.1. The number of nitrogens with zero attached hydrogens (tertiary/aromatic N) is 2. The zero-order valence-electron chi connectivity index (χ0n) is 17.6. The van der Waals surface area contributed by atoms with Gasteiger partial charge >= 0.3 is 0 Å². The number of ketones is 1. The van der Waals surface area contributed by atoms with Gasteiger partial charge in [-0.1, -0.05) is 42.5 Å². The first-order chi connectivity index (χ1) is 14.5. The lowest BCUT2D eigenvalue weighted by atomic mass is 9.88. The lowest BCUT2D eigenvalue weighted by Crippen LogP contribution is -2.43. The minimum atomic E-state index is -0.307. The molecule has 156 valence electrons. The van der Waals surface area contributed by atoms with Gasteiger partial charge in [-0.25, -0.2) is 0 Å². The number of piperidine rings is 1. The number of hydrogen-bond acceptors (Lipinski definition) is 3. The van der Waals surface area contributed by atoms with E-state index in [1.165, 1.54) is 0 Å². The molecule has 2 fully saturated rings. The predicted molar refractivity (Wildman–Crippen MR) is 116 cm³/mol. The van der Waals surface area contributed by atoms with E-state index in [4.69, 9.17) is 0 Å². The Hall–Kier alpha value is -2.95. The summed E-state index contributed by atoms with van der Waals surface area (Å²) in [5.74, 6) is -0.121. The number of Topliss-reactive ketones (excluding diaryl/α,β-unsaturated/α-hetero) is 1. The molecule has 0 aliphatic carbocycles. The summed E-state index contributed by atoms with van der Waals surface area (Å²) in [6, 6.07) is 15.3. The molecule has 2 saturated heterocycles. The van der Waals surface area contributed by atoms with E-state index in [0.29, 0.717) is 32.5 Å². The highest BCUT2D eigenvalue weighted by atomic mass is 16.2. The van der Waals surface area contributed by atoms with Crippen LogP contribution in [0.5, 0.6) is 0 Å². The van der Waals surface area contributed by atoms with Gasteiger partial charge in [-0.3, -0.25) is 14.4 Å². The number of carbonyl (C=O) groups excluding carboxylic acids is 3. The number of rotatable bonds is 4. The topological polar surface area (TPSA) is 57.7 Å². The molecule has 4 rings (SSSR count). The zero-order chi connectivity index (χ0) is 21.3. The number of aryl methyl sites for hydroxylation is 1. The summed E-state index contributed by atoms with van der Waals surface area (Å²) in [6.45, 7) is 5.64. The summed E-state index contributed by atoms with van der Waals surface area (Å²) in [7, 11) is 0. The Kier molecular flexibility index (Phi) is 5.71. The molecule has 0 radical (unpaired) electrons. The van der Waals surface area contributed by atoms with E-state index < -0.39 is 0 Å². The molecule has 1 unspecified atom stereocenters. The summed E-state index contributed by atoms with van der Waals surface area (Å²) in [4.78, 5) is 42.0. The van der Waals surface area contributed by atoms with Gasteiger partial charge in [0.2, 0.25) is 11.8 Å². The lowest BCUT2D eigenvalue weighted by Gasteiger charge is -2.33. The standard InChI is InChI=1S/C25H28N2O3/c1-17-7-6-10-22(18(17)2)27-16-21(15-23(27)28)25(30)26-13-11-20(12-14-26)24(29)19-8-4-3-5-9-19/h3-10,20-21H,11-16H2,1-2H3. The SMILES string of the molecule is Cc1cccc(N2CC(C(=O)N3CCC(C(=O)c4ccccc4)CC3)CC2=O)c1C. The van der Waals surface area contributed by atoms with Crippen LogP contribution in [-0.4, -0.2) is 42.1 Å². The summed E-state index contributed by atoms with van der Waals surface area (Å²) in [5, 5.41) is 0. The lowest BCUT2D eigenvalue weighted by molar-refractivity contribution is -0.137. The van der Waals surface area contributed by atoms with Crippen molar-refractivity contribution >= 4 is 23.3 Å². The smallest absolute Gasteiger partial charge is 0.228 e. The van der Waals surface area contributed by atoms with E-state index in [2.05, 4.69) is 0 Å². The summed E-state index contributed by atoms with van der Waals surface area (Å²) < 4.78 is 0. The second-order valence-corrected chi connectivity index (χ2v) is 8.45. The average Bonchev–Trinajstić information content (AvgIpc) is 3.16. The van der Waals surface area contributed by atoms with Gasteiger partial charge in [-0.15, -0.1) is 0 Å². The molecule has 0 bridgehead atoms. The third-order valence-electron chi connectivity index (χ3n) is 6.58. The Labute approximate surface area is 177 Å². The van der Waals surface area contributed by atoms with Crippen LogP contribution in [0.25, 0.3) is 0 Å². The van der Waals surface area contributed by atoms with Crippen molar-refractivity contribution in [2.75, 3.05) is 24.5 Å². The van der Waals surface area contributed by atoms with Gasteiger partial charge in [0.05, 0.1) is 5.92 Å². The Morgan fingerprint density at radius 1 is 0.900 bits per heavy atom. The number of likely N-dealkylation sites (tertiary alicyclic amines) is 1. The summed E-state index contributed by atoms with van der Waals surface area (Å²) in [6.07, 6.45) is 1.62. The molecule has 0 aromatic heterocycles. The molecular weight excluding hydrogens is 376 g/mol. The van der Waals surface area contributed by atoms with E-state index in [1.807, 2.05) is 67.3 Å². The van der Waals surface area contributed by atoms with Crippen LogP contribution in [0, 0.1) is 25.7 Å². The Bertz CT molecular complexity index is 962. The molecule has 5 nitrogen and oxygen atoms in total. The zero-order valence-corrected chi connectivity index (χ0v) is 17.6. The highest BCUT2D eigenvalue weighted by Crippen LogP contribution is 2.31. The third-order valence-corrected chi connectivity index (χ3v) is 6.58. The van der Waals surface area contributed by atoms with Gasteiger partial charge in [0.15, 0.2) is 5.78 Å². The van der Waals surface area contributed by atoms with Crippen LogP contribution >= 0.6 is 0 Å². The molecule has 2 aromatic carbocycles. The quantitative estimate of drug-likeness (QED) is 0.729. The van der Waals surface area contributed by atoms with Crippen molar-refractivity contribution in [3.05, 3.63) is 65.2 Å². The van der Waals surface area contributed by atoms with Crippen LogP contribution in [0.4, 0.5) is 5.69 Å². The monoisotopic (exact) mass is 404 g/mol. The number of amides is 2. The number of benzene rings is 2. The van der Waals surface area contributed by atoms with Crippen LogP contribution in [0.3, 0.4) is 0 Å². The van der Waals surface area contributed by atoms with Crippen molar-refractivity contribution in [1.29, 1.82) is 0 Å². The van der Waals surface area contributed by atoms with Gasteiger partial charge in [-0.2, -0.15) is 0 Å². The van der Waals surface area contributed by atoms with Crippen molar-refractivity contribution in [3.8, 4) is 0 Å². The first kappa shape index (κ1) is 20.3. The molecule has 30 heavy (non-hydrogen) atoms. The fourth-order valence-corrected chi connectivity index (χ4v) is 4.59. The van der Waals surface area contributed by atoms with Gasteiger partial charge in [0.1, 0.15) is 0 Å². The van der Waals surface area contributed by atoms with Crippen LogP contribution in [0.1, 0.15) is 40.7 Å². The average molecular weight is 405 g/mol. The molecule has 2 heterocycles. The second kappa shape index (κ2) is 8.42. The highest BCUT2D eigenvalue weighted by molar-refractivity contribution is 6.01. The molecule has 2 aromatic rings. The van der Waals surface area contributed by atoms with Crippen LogP contribution < -0.4 is 4.90 Å². The molecule has 0 saturated carbocycles. The number of anilines is 1. The normalized spacial score (nSPS) is 19.9. The van der Waals surface area contributed by atoms with Gasteiger partial charge in [0, 0.05) is 43.2 Å².